The number of carbonyl (C=O) groups excluding carboxylic acids is 2. The maximum atomic E-state index is 12.4. The number of amides is 3. The lowest BCUT2D eigenvalue weighted by atomic mass is 10.0. The molecule has 10 heteroatoms. The van der Waals surface area contributed by atoms with Gasteiger partial charge in [0, 0.05) is 33.0 Å². The van der Waals surface area contributed by atoms with Crippen LogP contribution in [-0.4, -0.2) is 47.5 Å². The van der Waals surface area contributed by atoms with Crippen LogP contribution in [0.3, 0.4) is 0 Å². The Morgan fingerprint density at radius 3 is 2.45 bits per heavy atom. The third-order valence-electron chi connectivity index (χ3n) is 5.59. The van der Waals surface area contributed by atoms with E-state index in [1.165, 1.54) is 16.0 Å². The molecule has 208 valence electrons. The number of urea groups is 1. The maximum absolute atomic E-state index is 12.4. The van der Waals surface area contributed by atoms with Crippen LogP contribution < -0.4 is 11.1 Å². The Morgan fingerprint density at radius 2 is 1.89 bits per heavy atom. The first-order valence-electron chi connectivity index (χ1n) is 12.6. The number of thiophene rings is 1. The molecule has 0 unspecified atom stereocenters. The predicted molar refractivity (Wildman–Crippen MR) is 164 cm³/mol. The van der Waals surface area contributed by atoms with Crippen LogP contribution in [0.15, 0.2) is 62.7 Å². The fraction of sp³-hybridized carbons (Fsp3) is 0.429. The second-order valence-corrected chi connectivity index (χ2v) is 12.1. The summed E-state index contributed by atoms with van der Waals surface area (Å²) in [4.78, 5) is 28.6. The van der Waals surface area contributed by atoms with Crippen molar-refractivity contribution in [1.29, 1.82) is 0 Å². The van der Waals surface area contributed by atoms with E-state index in [9.17, 15) is 9.59 Å². The molecule has 1 saturated heterocycles. The Morgan fingerprint density at radius 1 is 1.24 bits per heavy atom. The molecule has 3 amide bonds. The summed E-state index contributed by atoms with van der Waals surface area (Å²) >= 11 is 8.46. The lowest BCUT2D eigenvalue weighted by Crippen LogP contribution is -2.49. The van der Waals surface area contributed by atoms with E-state index >= 15 is 0 Å². The van der Waals surface area contributed by atoms with Gasteiger partial charge in [-0.2, -0.15) is 0 Å². The summed E-state index contributed by atoms with van der Waals surface area (Å²) in [6, 6.07) is 8.32. The minimum atomic E-state index is -0.478. The SMILES string of the molecule is C=C(C)C.CC/C=C(/OCC(N)=O)N1CCC(N2Cc3sccc3NC2=O)CC1.Cc1ccc(Br)c(Br)c1. The molecule has 0 atom stereocenters. The van der Waals surface area contributed by atoms with E-state index in [1.807, 2.05) is 49.3 Å². The van der Waals surface area contributed by atoms with Crippen molar-refractivity contribution in [2.75, 3.05) is 25.0 Å². The zero-order valence-electron chi connectivity index (χ0n) is 22.6. The highest BCUT2D eigenvalue weighted by atomic mass is 79.9. The van der Waals surface area contributed by atoms with Gasteiger partial charge in [-0.1, -0.05) is 18.6 Å². The zero-order valence-corrected chi connectivity index (χ0v) is 26.5. The second kappa shape index (κ2) is 16.0. The number of carbonyl (C=O) groups is 2. The van der Waals surface area contributed by atoms with Crippen molar-refractivity contribution in [3.8, 4) is 0 Å². The number of nitrogens with two attached hydrogens (primary N) is 1. The smallest absolute Gasteiger partial charge is 0.322 e. The van der Waals surface area contributed by atoms with Gasteiger partial charge in [0.15, 0.2) is 12.5 Å². The van der Waals surface area contributed by atoms with Gasteiger partial charge in [-0.05, 0) is 107 Å². The standard InChI is InChI=1S/C17H24N4O3S.C7H6Br2.C4H8/c1-2-3-16(24-11-15(18)22)20-7-4-12(5-8-20)21-10-14-13(6-9-25-14)19-17(21)23;1-5-2-3-6(8)7(9)4-5;1-4(2)3/h3,6,9,12H,2,4-5,7-8,10-11H2,1H3,(H2,18,22)(H,19,23);2-4H,1H3;1H2,2-3H3/b16-3+;;. The molecule has 3 heterocycles. The summed E-state index contributed by atoms with van der Waals surface area (Å²) in [7, 11) is 0. The highest BCUT2D eigenvalue weighted by Crippen LogP contribution is 2.31. The molecule has 0 spiro atoms. The van der Waals surface area contributed by atoms with Gasteiger partial charge in [-0.3, -0.25) is 4.79 Å². The zero-order chi connectivity index (χ0) is 28.2. The molecule has 2 aliphatic rings. The molecule has 1 aromatic carbocycles. The molecule has 4 rings (SSSR count). The predicted octanol–water partition coefficient (Wildman–Crippen LogP) is 7.42. The van der Waals surface area contributed by atoms with Crippen molar-refractivity contribution < 1.29 is 14.3 Å². The fourth-order valence-electron chi connectivity index (χ4n) is 3.88. The van der Waals surface area contributed by atoms with Crippen molar-refractivity contribution in [3.63, 3.8) is 0 Å². The number of allylic oxidation sites excluding steroid dienone is 2. The number of likely N-dealkylation sites (tertiary alicyclic amines) is 1. The van der Waals surface area contributed by atoms with E-state index in [0.717, 1.165) is 47.0 Å². The first-order valence-corrected chi connectivity index (χ1v) is 15.0. The number of nitrogens with zero attached hydrogens (tertiary/aromatic N) is 2. The van der Waals surface area contributed by atoms with Gasteiger partial charge in [0.2, 0.25) is 0 Å². The Labute approximate surface area is 247 Å². The van der Waals surface area contributed by atoms with Crippen LogP contribution in [0.1, 0.15) is 50.5 Å². The van der Waals surface area contributed by atoms with Crippen molar-refractivity contribution in [2.24, 2.45) is 5.73 Å². The highest BCUT2D eigenvalue weighted by molar-refractivity contribution is 9.13. The van der Waals surface area contributed by atoms with Crippen molar-refractivity contribution in [3.05, 3.63) is 73.1 Å². The van der Waals surface area contributed by atoms with Crippen LogP contribution in [0.5, 0.6) is 0 Å². The number of halogens is 2. The molecule has 0 radical (unpaired) electrons. The van der Waals surface area contributed by atoms with Crippen LogP contribution in [-0.2, 0) is 16.1 Å². The number of piperidine rings is 1. The molecule has 38 heavy (non-hydrogen) atoms. The van der Waals surface area contributed by atoms with E-state index in [4.69, 9.17) is 10.5 Å². The summed E-state index contributed by atoms with van der Waals surface area (Å²) in [5, 5.41) is 4.98. The monoisotopic (exact) mass is 668 g/mol. The van der Waals surface area contributed by atoms with Gasteiger partial charge in [0.1, 0.15) is 0 Å². The molecule has 3 N–H and O–H groups in total. The first-order chi connectivity index (χ1) is 18.0. The highest BCUT2D eigenvalue weighted by Gasteiger charge is 2.32. The van der Waals surface area contributed by atoms with Crippen molar-refractivity contribution in [1.82, 2.24) is 9.80 Å². The third-order valence-corrected chi connectivity index (χ3v) is 8.38. The number of hydrogen-bond acceptors (Lipinski definition) is 5. The minimum Gasteiger partial charge on any atom is -0.469 e. The average Bonchev–Trinajstić information content (AvgIpc) is 3.31. The van der Waals surface area contributed by atoms with Crippen molar-refractivity contribution >= 4 is 60.8 Å². The van der Waals surface area contributed by atoms with E-state index in [1.54, 1.807) is 11.3 Å². The molecule has 0 aliphatic carbocycles. The Kier molecular flexibility index (Phi) is 13.4. The summed E-state index contributed by atoms with van der Waals surface area (Å²) in [5.41, 5.74) is 8.55. The van der Waals surface area contributed by atoms with Gasteiger partial charge in [0.05, 0.1) is 12.2 Å². The first kappa shape index (κ1) is 31.9. The van der Waals surface area contributed by atoms with Crippen LogP contribution in [0.4, 0.5) is 10.5 Å². The van der Waals surface area contributed by atoms with Crippen LogP contribution in [0.2, 0.25) is 0 Å². The minimum absolute atomic E-state index is 0.0151. The molecular weight excluding hydrogens is 632 g/mol. The molecule has 1 aromatic heterocycles. The van der Waals surface area contributed by atoms with Gasteiger partial charge >= 0.3 is 6.03 Å². The molecule has 2 aliphatic heterocycles. The summed E-state index contributed by atoms with van der Waals surface area (Å²) in [5.74, 6) is 0.233. The topological polar surface area (TPSA) is 87.9 Å². The van der Waals surface area contributed by atoms with Crippen LogP contribution in [0, 0.1) is 6.92 Å². The summed E-state index contributed by atoms with van der Waals surface area (Å²) in [6.45, 7) is 13.7. The largest absolute Gasteiger partial charge is 0.469 e. The number of hydrogen-bond donors (Lipinski definition) is 2. The Bertz CT molecular complexity index is 1120. The number of primary amides is 1. The molecule has 7 nitrogen and oxygen atoms in total. The maximum Gasteiger partial charge on any atom is 0.322 e. The normalized spacial score (nSPS) is 15.3. The third kappa shape index (κ3) is 10.5. The quantitative estimate of drug-likeness (QED) is 0.248. The molecule has 2 aromatic rings. The molecule has 0 saturated carbocycles. The summed E-state index contributed by atoms with van der Waals surface area (Å²) < 4.78 is 7.76. The van der Waals surface area contributed by atoms with E-state index < -0.39 is 5.91 Å². The van der Waals surface area contributed by atoms with Gasteiger partial charge in [-0.15, -0.1) is 17.9 Å². The second-order valence-electron chi connectivity index (χ2n) is 9.36. The number of benzene rings is 1. The molecule has 1 fully saturated rings. The van der Waals surface area contributed by atoms with Gasteiger partial charge in [-0.25, -0.2) is 4.79 Å². The van der Waals surface area contributed by atoms with E-state index in [-0.39, 0.29) is 18.7 Å². The van der Waals surface area contributed by atoms with E-state index in [0.29, 0.717) is 12.4 Å². The lowest BCUT2D eigenvalue weighted by Gasteiger charge is -2.41. The summed E-state index contributed by atoms with van der Waals surface area (Å²) in [6.07, 6.45) is 4.53. The average molecular weight is 671 g/mol. The number of anilines is 1. The van der Waals surface area contributed by atoms with Gasteiger partial charge in [0.25, 0.3) is 5.91 Å². The Hall–Kier alpha value is -2.30. The van der Waals surface area contributed by atoms with Crippen LogP contribution in [0.25, 0.3) is 0 Å². The Balaban J connectivity index is 0.000000322. The molecule has 0 bridgehead atoms. The van der Waals surface area contributed by atoms with Gasteiger partial charge < -0.3 is 25.6 Å². The van der Waals surface area contributed by atoms with E-state index in [2.05, 4.69) is 67.7 Å². The number of ether oxygens (including phenoxy) is 1. The molecular formula is C28H38Br2N4O3S. The fourth-order valence-corrected chi connectivity index (χ4v) is 5.45. The van der Waals surface area contributed by atoms with Crippen molar-refractivity contribution in [2.45, 2.75) is 59.5 Å². The number of fused-ring (bicyclic) bond motifs is 1. The number of rotatable bonds is 6. The van der Waals surface area contributed by atoms with Crippen LogP contribution >= 0.6 is 43.2 Å². The lowest BCUT2D eigenvalue weighted by molar-refractivity contribution is -0.122. The number of nitrogens with one attached hydrogen (secondary N) is 1. The number of aryl methyl sites for hydroxylation is 1.